The van der Waals surface area contributed by atoms with Crippen molar-refractivity contribution in [3.05, 3.63) is 36.0 Å². The Morgan fingerprint density at radius 3 is 2.75 bits per heavy atom. The van der Waals surface area contributed by atoms with E-state index in [1.54, 1.807) is 0 Å². The van der Waals surface area contributed by atoms with Crippen molar-refractivity contribution in [3.8, 4) is 0 Å². The quantitative estimate of drug-likeness (QED) is 0.898. The summed E-state index contributed by atoms with van der Waals surface area (Å²) in [5, 5.41) is 4.06. The summed E-state index contributed by atoms with van der Waals surface area (Å²) in [4.78, 5) is 15.0. The van der Waals surface area contributed by atoms with Gasteiger partial charge in [-0.15, -0.1) is 0 Å². The standard InChI is InChI=1S/C16H22N2O2/c1-11(18-15(19)20-16(2,3)4)9-12-10-17-14-8-6-5-7-13(12)14/h5-8,10-11,17H,9H2,1-4H3,(H,18,19)/t11-/m0/s1. The average molecular weight is 274 g/mol. The van der Waals surface area contributed by atoms with Crippen molar-refractivity contribution in [2.24, 2.45) is 0 Å². The molecule has 4 heteroatoms. The molecule has 0 aliphatic carbocycles. The molecule has 2 N–H and O–H groups in total. The molecule has 1 atom stereocenters. The number of aromatic amines is 1. The van der Waals surface area contributed by atoms with Crippen molar-refractivity contribution in [2.45, 2.75) is 45.8 Å². The molecule has 0 saturated carbocycles. The lowest BCUT2D eigenvalue weighted by molar-refractivity contribution is 0.0508. The summed E-state index contributed by atoms with van der Waals surface area (Å²) >= 11 is 0. The van der Waals surface area contributed by atoms with Crippen molar-refractivity contribution in [1.29, 1.82) is 0 Å². The van der Waals surface area contributed by atoms with Gasteiger partial charge in [-0.3, -0.25) is 0 Å². The van der Waals surface area contributed by atoms with Gasteiger partial charge < -0.3 is 15.0 Å². The largest absolute Gasteiger partial charge is 0.444 e. The third-order valence-corrected chi connectivity index (χ3v) is 2.96. The van der Waals surface area contributed by atoms with Crippen LogP contribution in [0.5, 0.6) is 0 Å². The summed E-state index contributed by atoms with van der Waals surface area (Å²) in [5.74, 6) is 0. The predicted molar refractivity (Wildman–Crippen MR) is 80.8 cm³/mol. The zero-order valence-corrected chi connectivity index (χ0v) is 12.5. The van der Waals surface area contributed by atoms with Gasteiger partial charge in [-0.2, -0.15) is 0 Å². The van der Waals surface area contributed by atoms with Crippen molar-refractivity contribution in [2.75, 3.05) is 0 Å². The van der Waals surface area contributed by atoms with E-state index in [1.165, 1.54) is 10.9 Å². The molecule has 0 bridgehead atoms. The molecule has 0 fully saturated rings. The molecule has 1 aromatic carbocycles. The van der Waals surface area contributed by atoms with Gasteiger partial charge in [-0.25, -0.2) is 4.79 Å². The van der Waals surface area contributed by atoms with Gasteiger partial charge in [0.05, 0.1) is 0 Å². The molecule has 0 aliphatic rings. The van der Waals surface area contributed by atoms with E-state index < -0.39 is 5.60 Å². The molecular weight excluding hydrogens is 252 g/mol. The fourth-order valence-electron chi connectivity index (χ4n) is 2.19. The molecular formula is C16H22N2O2. The highest BCUT2D eigenvalue weighted by molar-refractivity contribution is 5.83. The number of aromatic nitrogens is 1. The molecule has 1 aromatic heterocycles. The number of amides is 1. The molecule has 0 radical (unpaired) electrons. The van der Waals surface area contributed by atoms with E-state index in [-0.39, 0.29) is 12.1 Å². The molecule has 2 rings (SSSR count). The van der Waals surface area contributed by atoms with Gasteiger partial charge in [0.15, 0.2) is 0 Å². The number of ether oxygens (including phenoxy) is 1. The number of carbonyl (C=O) groups excluding carboxylic acids is 1. The van der Waals surface area contributed by atoms with Gasteiger partial charge in [-0.05, 0) is 45.7 Å². The van der Waals surface area contributed by atoms with Crippen molar-refractivity contribution in [1.82, 2.24) is 10.3 Å². The van der Waals surface area contributed by atoms with Crippen molar-refractivity contribution in [3.63, 3.8) is 0 Å². The van der Waals surface area contributed by atoms with Crippen LogP contribution in [-0.2, 0) is 11.2 Å². The van der Waals surface area contributed by atoms with Crippen LogP contribution in [0, 0.1) is 0 Å². The van der Waals surface area contributed by atoms with E-state index in [4.69, 9.17) is 4.74 Å². The van der Waals surface area contributed by atoms with Crippen LogP contribution in [0.25, 0.3) is 10.9 Å². The molecule has 0 unspecified atom stereocenters. The number of hydrogen-bond donors (Lipinski definition) is 2. The van der Waals surface area contributed by atoms with Gasteiger partial charge in [0.25, 0.3) is 0 Å². The maximum Gasteiger partial charge on any atom is 0.407 e. The normalized spacial score (nSPS) is 13.2. The van der Waals surface area contributed by atoms with Gasteiger partial charge >= 0.3 is 6.09 Å². The number of rotatable bonds is 3. The summed E-state index contributed by atoms with van der Waals surface area (Å²) in [6, 6.07) is 8.17. The Morgan fingerprint density at radius 1 is 1.35 bits per heavy atom. The van der Waals surface area contributed by atoms with Crippen LogP contribution in [0.3, 0.4) is 0 Å². The second-order valence-corrected chi connectivity index (χ2v) is 6.11. The number of carbonyl (C=O) groups is 1. The van der Waals surface area contributed by atoms with Gasteiger partial charge in [0.2, 0.25) is 0 Å². The lowest BCUT2D eigenvalue weighted by atomic mass is 10.1. The Bertz CT molecular complexity index is 596. The summed E-state index contributed by atoms with van der Waals surface area (Å²) in [6.07, 6.45) is 2.39. The van der Waals surface area contributed by atoms with E-state index >= 15 is 0 Å². The highest BCUT2D eigenvalue weighted by atomic mass is 16.6. The van der Waals surface area contributed by atoms with E-state index in [1.807, 2.05) is 52.1 Å². The fourth-order valence-corrected chi connectivity index (χ4v) is 2.19. The smallest absolute Gasteiger partial charge is 0.407 e. The first-order chi connectivity index (χ1) is 9.35. The molecule has 108 valence electrons. The van der Waals surface area contributed by atoms with Gasteiger partial charge in [0, 0.05) is 23.1 Å². The first-order valence-electron chi connectivity index (χ1n) is 6.89. The molecule has 4 nitrogen and oxygen atoms in total. The first-order valence-corrected chi connectivity index (χ1v) is 6.89. The maximum absolute atomic E-state index is 11.7. The molecule has 2 aromatic rings. The molecule has 20 heavy (non-hydrogen) atoms. The van der Waals surface area contributed by atoms with Crippen LogP contribution < -0.4 is 5.32 Å². The Balaban J connectivity index is 1.98. The summed E-state index contributed by atoms with van der Waals surface area (Å²) in [5.41, 5.74) is 1.85. The monoisotopic (exact) mass is 274 g/mol. The fraction of sp³-hybridized carbons (Fsp3) is 0.438. The lowest BCUT2D eigenvalue weighted by Crippen LogP contribution is -2.38. The minimum absolute atomic E-state index is 0.0176. The Kier molecular flexibility index (Phi) is 4.02. The average Bonchev–Trinajstić information content (AvgIpc) is 2.70. The molecule has 0 spiro atoms. The van der Waals surface area contributed by atoms with Crippen LogP contribution in [0.15, 0.2) is 30.5 Å². The second-order valence-electron chi connectivity index (χ2n) is 6.11. The Labute approximate surface area is 119 Å². The maximum atomic E-state index is 11.7. The van der Waals surface area contributed by atoms with Crippen LogP contribution in [0.2, 0.25) is 0 Å². The summed E-state index contributed by atoms with van der Waals surface area (Å²) in [6.45, 7) is 7.55. The third-order valence-electron chi connectivity index (χ3n) is 2.96. The van der Waals surface area contributed by atoms with Crippen LogP contribution in [0.4, 0.5) is 4.79 Å². The molecule has 1 heterocycles. The topological polar surface area (TPSA) is 54.1 Å². The number of fused-ring (bicyclic) bond motifs is 1. The highest BCUT2D eigenvalue weighted by Gasteiger charge is 2.18. The zero-order valence-electron chi connectivity index (χ0n) is 12.5. The number of nitrogens with one attached hydrogen (secondary N) is 2. The minimum atomic E-state index is -0.468. The van der Waals surface area contributed by atoms with Crippen molar-refractivity contribution >= 4 is 17.0 Å². The van der Waals surface area contributed by atoms with E-state index in [0.29, 0.717) is 0 Å². The van der Waals surface area contributed by atoms with E-state index in [9.17, 15) is 4.79 Å². The SMILES string of the molecule is C[C@@H](Cc1c[nH]c2ccccc12)NC(=O)OC(C)(C)C. The minimum Gasteiger partial charge on any atom is -0.444 e. The van der Waals surface area contributed by atoms with Crippen LogP contribution in [-0.4, -0.2) is 22.7 Å². The molecule has 1 amide bonds. The number of para-hydroxylation sites is 1. The van der Waals surface area contributed by atoms with Crippen molar-refractivity contribution < 1.29 is 9.53 Å². The molecule has 0 saturated heterocycles. The summed E-state index contributed by atoms with van der Waals surface area (Å²) < 4.78 is 5.26. The van der Waals surface area contributed by atoms with E-state index in [0.717, 1.165) is 11.9 Å². The zero-order chi connectivity index (χ0) is 14.8. The number of alkyl carbamates (subject to hydrolysis) is 1. The van der Waals surface area contributed by atoms with Crippen LogP contribution in [0.1, 0.15) is 33.3 Å². The predicted octanol–water partition coefficient (Wildman–Crippen LogP) is 3.62. The van der Waals surface area contributed by atoms with Crippen LogP contribution >= 0.6 is 0 Å². The Hall–Kier alpha value is -1.97. The van der Waals surface area contributed by atoms with Gasteiger partial charge in [-0.1, -0.05) is 18.2 Å². The number of H-pyrrole nitrogens is 1. The number of benzene rings is 1. The first kappa shape index (κ1) is 14.4. The number of hydrogen-bond acceptors (Lipinski definition) is 2. The summed E-state index contributed by atoms with van der Waals surface area (Å²) in [7, 11) is 0. The molecule has 0 aliphatic heterocycles. The second kappa shape index (κ2) is 5.57. The lowest BCUT2D eigenvalue weighted by Gasteiger charge is -2.21. The third kappa shape index (κ3) is 3.76. The highest BCUT2D eigenvalue weighted by Crippen LogP contribution is 2.19. The van der Waals surface area contributed by atoms with E-state index in [2.05, 4.69) is 16.4 Å². The van der Waals surface area contributed by atoms with Gasteiger partial charge in [0.1, 0.15) is 5.60 Å². The Morgan fingerprint density at radius 2 is 2.05 bits per heavy atom.